The zero-order valence-corrected chi connectivity index (χ0v) is 8.78. The molecular weight excluding hydrogens is 201 g/mol. The second-order valence-corrected chi connectivity index (χ2v) is 3.38. The molecule has 1 aromatic carbocycles. The van der Waals surface area contributed by atoms with Gasteiger partial charge in [-0.3, -0.25) is 0 Å². The van der Waals surface area contributed by atoms with Gasteiger partial charge >= 0.3 is 7.69 Å². The molecule has 0 saturated heterocycles. The Bertz CT molecular complexity index is 448. The molecule has 1 heterocycles. The van der Waals surface area contributed by atoms with E-state index in [9.17, 15) is 0 Å². The average Bonchev–Trinajstić information content (AvgIpc) is 2.33. The highest BCUT2D eigenvalue weighted by atomic mass is 16.5. The van der Waals surface area contributed by atoms with Crippen molar-refractivity contribution < 1.29 is 14.2 Å². The molecule has 1 radical (unpaired) electrons. The molecule has 0 amide bonds. The maximum absolute atomic E-state index is 8.66. The predicted octanol–water partition coefficient (Wildman–Crippen LogP) is 0.928. The van der Waals surface area contributed by atoms with E-state index in [2.05, 4.69) is 0 Å². The van der Waals surface area contributed by atoms with E-state index in [-0.39, 0.29) is 0 Å². The van der Waals surface area contributed by atoms with Gasteiger partial charge in [0.1, 0.15) is 5.75 Å². The maximum atomic E-state index is 8.66. The van der Waals surface area contributed by atoms with Gasteiger partial charge < -0.3 is 9.68 Å². The van der Waals surface area contributed by atoms with Crippen LogP contribution in [-0.4, -0.2) is 12.7 Å². The Hall–Kier alpha value is -1.81. The average molecular weight is 213 g/mol. The first-order valence-electron chi connectivity index (χ1n) is 5.04. The number of rotatable bonds is 4. The Labute approximate surface area is 95.2 Å². The van der Waals surface area contributed by atoms with Gasteiger partial charge in [-0.25, -0.2) is 4.57 Å². The molecule has 2 aromatic rings. The predicted molar refractivity (Wildman–Crippen MR) is 60.8 cm³/mol. The highest BCUT2D eigenvalue weighted by Gasteiger charge is 2.07. The summed E-state index contributed by atoms with van der Waals surface area (Å²) in [6, 6.07) is 13.5. The molecule has 0 fully saturated rings. The Morgan fingerprint density at radius 1 is 1.06 bits per heavy atom. The van der Waals surface area contributed by atoms with Crippen molar-refractivity contribution in [2.24, 2.45) is 0 Å². The summed E-state index contributed by atoms with van der Waals surface area (Å²) in [5.41, 5.74) is 1.02. The molecule has 16 heavy (non-hydrogen) atoms. The Morgan fingerprint density at radius 2 is 1.81 bits per heavy atom. The van der Waals surface area contributed by atoms with Crippen molar-refractivity contribution in [3.05, 3.63) is 60.4 Å². The Kier molecular flexibility index (Phi) is 3.56. The zero-order chi connectivity index (χ0) is 11.2. The molecule has 0 aliphatic carbocycles. The molecular formula is C12H12BNO2+. The SMILES string of the molecule is O[B]Oc1ccccc1C[n+]1ccccc1. The van der Waals surface area contributed by atoms with Crippen LogP contribution in [0.15, 0.2) is 54.9 Å². The lowest BCUT2D eigenvalue weighted by molar-refractivity contribution is -0.688. The van der Waals surface area contributed by atoms with Gasteiger partial charge in [-0.15, -0.1) is 0 Å². The standard InChI is InChI=1S/C12H12BNO2/c15-13-16-12-7-3-2-6-11(12)10-14-8-4-1-5-9-14/h1-9,15H,10H2/q+1. The zero-order valence-electron chi connectivity index (χ0n) is 8.78. The maximum Gasteiger partial charge on any atom is 0.569 e. The van der Waals surface area contributed by atoms with E-state index >= 15 is 0 Å². The van der Waals surface area contributed by atoms with Crippen LogP contribution < -0.4 is 9.22 Å². The third-order valence-electron chi connectivity index (χ3n) is 2.28. The number of hydrogen-bond donors (Lipinski definition) is 1. The van der Waals surface area contributed by atoms with Crippen LogP contribution in [0.3, 0.4) is 0 Å². The molecule has 0 bridgehead atoms. The van der Waals surface area contributed by atoms with Gasteiger partial charge in [0.05, 0.1) is 5.56 Å². The fourth-order valence-electron chi connectivity index (χ4n) is 1.54. The molecule has 0 unspecified atom stereocenters. The Balaban J connectivity index is 2.21. The number of aromatic nitrogens is 1. The minimum Gasteiger partial charge on any atom is -0.537 e. The normalized spacial score (nSPS) is 9.81. The largest absolute Gasteiger partial charge is 0.569 e. The third kappa shape index (κ3) is 2.61. The van der Waals surface area contributed by atoms with Crippen molar-refractivity contribution in [3.8, 4) is 5.75 Å². The van der Waals surface area contributed by atoms with Crippen LogP contribution in [0.1, 0.15) is 5.56 Å². The van der Waals surface area contributed by atoms with Gasteiger partial charge in [0.2, 0.25) is 0 Å². The molecule has 0 aliphatic rings. The highest BCUT2D eigenvalue weighted by molar-refractivity contribution is 6.17. The van der Waals surface area contributed by atoms with E-state index in [1.807, 2.05) is 59.4 Å². The lowest BCUT2D eigenvalue weighted by Gasteiger charge is -2.06. The lowest BCUT2D eigenvalue weighted by atomic mass is 10.2. The first kappa shape index (κ1) is 10.7. The fraction of sp³-hybridized carbons (Fsp3) is 0.0833. The lowest BCUT2D eigenvalue weighted by Crippen LogP contribution is -2.33. The van der Waals surface area contributed by atoms with Gasteiger partial charge in [0, 0.05) is 12.1 Å². The van der Waals surface area contributed by atoms with Crippen molar-refractivity contribution in [3.63, 3.8) is 0 Å². The molecule has 0 aliphatic heterocycles. The summed E-state index contributed by atoms with van der Waals surface area (Å²) in [7, 11) is 0.703. The summed E-state index contributed by atoms with van der Waals surface area (Å²) >= 11 is 0. The van der Waals surface area contributed by atoms with Crippen molar-refractivity contribution in [2.45, 2.75) is 6.54 Å². The minimum absolute atomic E-state index is 0.668. The number of pyridine rings is 1. The van der Waals surface area contributed by atoms with Gasteiger partial charge in [-0.05, 0) is 12.1 Å². The smallest absolute Gasteiger partial charge is 0.537 e. The van der Waals surface area contributed by atoms with Gasteiger partial charge in [0.25, 0.3) is 0 Å². The van der Waals surface area contributed by atoms with E-state index in [1.54, 1.807) is 0 Å². The van der Waals surface area contributed by atoms with E-state index < -0.39 is 0 Å². The molecule has 2 rings (SSSR count). The van der Waals surface area contributed by atoms with Crippen LogP contribution in [0.5, 0.6) is 5.75 Å². The molecule has 0 saturated carbocycles. The molecule has 79 valence electrons. The van der Waals surface area contributed by atoms with Crippen LogP contribution >= 0.6 is 0 Å². The topological polar surface area (TPSA) is 33.3 Å². The molecule has 1 aromatic heterocycles. The van der Waals surface area contributed by atoms with Crippen molar-refractivity contribution in [1.82, 2.24) is 0 Å². The number of benzene rings is 1. The van der Waals surface area contributed by atoms with Crippen LogP contribution in [0, 0.1) is 0 Å². The summed E-state index contributed by atoms with van der Waals surface area (Å²) in [6.07, 6.45) is 3.97. The van der Waals surface area contributed by atoms with Crippen molar-refractivity contribution in [2.75, 3.05) is 0 Å². The quantitative estimate of drug-likeness (QED) is 0.605. The molecule has 3 nitrogen and oxygen atoms in total. The third-order valence-corrected chi connectivity index (χ3v) is 2.28. The number of nitrogens with zero attached hydrogens (tertiary/aromatic N) is 1. The van der Waals surface area contributed by atoms with Crippen LogP contribution in [0.2, 0.25) is 0 Å². The van der Waals surface area contributed by atoms with E-state index in [0.717, 1.165) is 5.56 Å². The minimum atomic E-state index is 0.668. The Morgan fingerprint density at radius 3 is 2.56 bits per heavy atom. The van der Waals surface area contributed by atoms with Crippen LogP contribution in [-0.2, 0) is 6.54 Å². The first-order chi connectivity index (χ1) is 7.90. The second kappa shape index (κ2) is 5.33. The van der Waals surface area contributed by atoms with Gasteiger partial charge in [-0.2, -0.15) is 0 Å². The monoisotopic (exact) mass is 213 g/mol. The van der Waals surface area contributed by atoms with Crippen molar-refractivity contribution >= 4 is 7.69 Å². The molecule has 0 atom stereocenters. The van der Waals surface area contributed by atoms with Crippen LogP contribution in [0.4, 0.5) is 0 Å². The fourth-order valence-corrected chi connectivity index (χ4v) is 1.54. The summed E-state index contributed by atoms with van der Waals surface area (Å²) in [6.45, 7) is 0.713. The molecule has 4 heteroatoms. The summed E-state index contributed by atoms with van der Waals surface area (Å²) in [5.74, 6) is 0.668. The summed E-state index contributed by atoms with van der Waals surface area (Å²) in [4.78, 5) is 0. The van der Waals surface area contributed by atoms with Crippen LogP contribution in [0.25, 0.3) is 0 Å². The number of para-hydroxylation sites is 1. The number of hydrogen-bond acceptors (Lipinski definition) is 2. The highest BCUT2D eigenvalue weighted by Crippen LogP contribution is 2.16. The van der Waals surface area contributed by atoms with Gasteiger partial charge in [-0.1, -0.05) is 18.2 Å². The molecule has 0 spiro atoms. The molecule has 1 N–H and O–H groups in total. The van der Waals surface area contributed by atoms with E-state index in [0.29, 0.717) is 20.0 Å². The van der Waals surface area contributed by atoms with Crippen molar-refractivity contribution in [1.29, 1.82) is 0 Å². The van der Waals surface area contributed by atoms with Gasteiger partial charge in [0.15, 0.2) is 18.9 Å². The van der Waals surface area contributed by atoms with E-state index in [4.69, 9.17) is 9.68 Å². The second-order valence-electron chi connectivity index (χ2n) is 3.38. The summed E-state index contributed by atoms with van der Waals surface area (Å²) < 4.78 is 7.07. The van der Waals surface area contributed by atoms with E-state index in [1.165, 1.54) is 0 Å². The summed E-state index contributed by atoms with van der Waals surface area (Å²) in [5, 5.41) is 8.66. The first-order valence-corrected chi connectivity index (χ1v) is 5.04.